The van der Waals surface area contributed by atoms with Gasteiger partial charge in [0.1, 0.15) is 5.82 Å². The second-order valence-corrected chi connectivity index (χ2v) is 8.18. The predicted molar refractivity (Wildman–Crippen MR) is 120 cm³/mol. The molecule has 0 radical (unpaired) electrons. The minimum atomic E-state index is -0.541. The monoisotopic (exact) mass is 455 g/mol. The first-order valence-corrected chi connectivity index (χ1v) is 10.7. The summed E-state index contributed by atoms with van der Waals surface area (Å²) in [5.74, 6) is -1.85. The predicted octanol–water partition coefficient (Wildman–Crippen LogP) is 3.03. The van der Waals surface area contributed by atoms with Gasteiger partial charge in [-0.25, -0.2) is 4.39 Å². The first kappa shape index (κ1) is 23.2. The Labute approximate surface area is 189 Å². The number of amides is 4. The summed E-state index contributed by atoms with van der Waals surface area (Å²) in [5.41, 5.74) is 2.71. The summed E-state index contributed by atoms with van der Waals surface area (Å²) < 4.78 is 13.8. The molecular weight excluding hydrogens is 433 g/mol. The van der Waals surface area contributed by atoms with Crippen LogP contribution in [0.2, 0.25) is 0 Å². The molecule has 1 fully saturated rings. The largest absolute Gasteiger partial charge is 0.353 e. The molecule has 0 saturated carbocycles. The lowest BCUT2D eigenvalue weighted by atomic mass is 10.1. The van der Waals surface area contributed by atoms with Crippen LogP contribution in [-0.2, 0) is 9.59 Å². The molecule has 2 N–H and O–H groups in total. The van der Waals surface area contributed by atoms with E-state index in [0.29, 0.717) is 5.56 Å². The van der Waals surface area contributed by atoms with Crippen molar-refractivity contribution in [3.8, 4) is 0 Å². The molecule has 2 aromatic carbocycles. The van der Waals surface area contributed by atoms with Crippen molar-refractivity contribution in [2.75, 3.05) is 19.6 Å². The zero-order valence-corrected chi connectivity index (χ0v) is 18.4. The first-order chi connectivity index (χ1) is 15.3. The lowest BCUT2D eigenvalue weighted by Gasteiger charge is -2.13. The molecule has 0 unspecified atom stereocenters. The number of hydrogen-bond acceptors (Lipinski definition) is 5. The van der Waals surface area contributed by atoms with Crippen LogP contribution < -0.4 is 10.6 Å². The van der Waals surface area contributed by atoms with Crippen molar-refractivity contribution in [1.82, 2.24) is 15.5 Å². The number of nitrogens with one attached hydrogen (secondary N) is 2. The van der Waals surface area contributed by atoms with Gasteiger partial charge in [0, 0.05) is 24.2 Å². The van der Waals surface area contributed by atoms with E-state index in [-0.39, 0.29) is 36.0 Å². The van der Waals surface area contributed by atoms with Gasteiger partial charge in [-0.1, -0.05) is 24.3 Å². The molecule has 1 heterocycles. The molecule has 0 spiro atoms. The summed E-state index contributed by atoms with van der Waals surface area (Å²) >= 11 is 0.720. The quantitative estimate of drug-likeness (QED) is 0.626. The molecule has 1 aliphatic heterocycles. The number of carbonyl (C=O) groups is 4. The van der Waals surface area contributed by atoms with E-state index in [1.807, 2.05) is 19.9 Å². The van der Waals surface area contributed by atoms with Gasteiger partial charge in [0.2, 0.25) is 5.91 Å². The summed E-state index contributed by atoms with van der Waals surface area (Å²) in [6.45, 7) is 3.60. The van der Waals surface area contributed by atoms with Gasteiger partial charge in [-0.2, -0.15) is 0 Å². The maximum atomic E-state index is 13.8. The average Bonchev–Trinajstić information content (AvgIpc) is 3.03. The highest BCUT2D eigenvalue weighted by Gasteiger charge is 2.34. The standard InChI is InChI=1S/C23H22FN3O4S/c1-14-7-8-17(11-15(14)2)21(29)26-13-20(28)25-9-10-27-22(30)19(32-23(27)31)12-16-5-3-4-6-18(16)24/h3-8,11-12H,9-10,13H2,1-2H3,(H,25,28)(H,26,29). The van der Waals surface area contributed by atoms with Crippen LogP contribution in [0.3, 0.4) is 0 Å². The number of aryl methyl sites for hydroxylation is 2. The van der Waals surface area contributed by atoms with Crippen molar-refractivity contribution in [2.45, 2.75) is 13.8 Å². The fraction of sp³-hybridized carbons (Fsp3) is 0.217. The Balaban J connectivity index is 1.47. The molecule has 1 aliphatic rings. The number of halogens is 1. The molecule has 0 bridgehead atoms. The number of benzene rings is 2. The summed E-state index contributed by atoms with van der Waals surface area (Å²) in [6, 6.07) is 11.2. The van der Waals surface area contributed by atoms with Crippen molar-refractivity contribution >= 4 is 40.8 Å². The Bertz CT molecular complexity index is 1120. The number of imide groups is 1. The maximum absolute atomic E-state index is 13.8. The van der Waals surface area contributed by atoms with Gasteiger partial charge < -0.3 is 10.6 Å². The molecule has 166 valence electrons. The number of carbonyl (C=O) groups excluding carboxylic acids is 4. The molecule has 3 rings (SSSR count). The number of thioether (sulfide) groups is 1. The van der Waals surface area contributed by atoms with Crippen LogP contribution >= 0.6 is 11.8 Å². The van der Waals surface area contributed by atoms with Gasteiger partial charge in [0.15, 0.2) is 0 Å². The van der Waals surface area contributed by atoms with Crippen molar-refractivity contribution in [2.24, 2.45) is 0 Å². The summed E-state index contributed by atoms with van der Waals surface area (Å²) in [7, 11) is 0. The topological polar surface area (TPSA) is 95.6 Å². The highest BCUT2D eigenvalue weighted by Crippen LogP contribution is 2.32. The molecular formula is C23H22FN3O4S. The Kier molecular flexibility index (Phi) is 7.42. The maximum Gasteiger partial charge on any atom is 0.293 e. The van der Waals surface area contributed by atoms with Crippen LogP contribution in [0.4, 0.5) is 9.18 Å². The Hall–Kier alpha value is -3.46. The van der Waals surface area contributed by atoms with Crippen LogP contribution in [0.1, 0.15) is 27.0 Å². The van der Waals surface area contributed by atoms with Crippen LogP contribution in [0, 0.1) is 19.7 Å². The molecule has 1 saturated heterocycles. The number of rotatable bonds is 7. The summed E-state index contributed by atoms with van der Waals surface area (Å²) in [5, 5.41) is 4.61. The molecule has 4 amide bonds. The molecule has 32 heavy (non-hydrogen) atoms. The van der Waals surface area contributed by atoms with E-state index in [2.05, 4.69) is 10.6 Å². The Morgan fingerprint density at radius 1 is 1.06 bits per heavy atom. The fourth-order valence-electron chi connectivity index (χ4n) is 2.94. The van der Waals surface area contributed by atoms with Crippen molar-refractivity contribution in [3.63, 3.8) is 0 Å². The van der Waals surface area contributed by atoms with Crippen LogP contribution in [-0.4, -0.2) is 47.5 Å². The normalized spacial score (nSPS) is 14.7. The smallest absolute Gasteiger partial charge is 0.293 e. The number of hydrogen-bond donors (Lipinski definition) is 2. The van der Waals surface area contributed by atoms with E-state index >= 15 is 0 Å². The fourth-order valence-corrected chi connectivity index (χ4v) is 3.80. The third-order valence-electron chi connectivity index (χ3n) is 4.90. The van der Waals surface area contributed by atoms with Crippen molar-refractivity contribution < 1.29 is 23.6 Å². The third-order valence-corrected chi connectivity index (χ3v) is 5.81. The molecule has 9 heteroatoms. The van der Waals surface area contributed by atoms with E-state index in [0.717, 1.165) is 27.8 Å². The molecule has 0 atom stereocenters. The zero-order chi connectivity index (χ0) is 23.3. The van der Waals surface area contributed by atoms with Crippen LogP contribution in [0.25, 0.3) is 6.08 Å². The summed E-state index contributed by atoms with van der Waals surface area (Å²) in [6.07, 6.45) is 1.33. The first-order valence-electron chi connectivity index (χ1n) is 9.88. The van der Waals surface area contributed by atoms with E-state index in [1.54, 1.807) is 18.2 Å². The average molecular weight is 456 g/mol. The van der Waals surface area contributed by atoms with Crippen molar-refractivity contribution in [1.29, 1.82) is 0 Å². The SMILES string of the molecule is Cc1ccc(C(=O)NCC(=O)NCCN2C(=O)SC(=Cc3ccccc3F)C2=O)cc1C. The van der Waals surface area contributed by atoms with Gasteiger partial charge in [-0.05, 0) is 61.0 Å². The molecule has 0 aromatic heterocycles. The van der Waals surface area contributed by atoms with E-state index < -0.39 is 22.9 Å². The van der Waals surface area contributed by atoms with Gasteiger partial charge >= 0.3 is 0 Å². The highest BCUT2D eigenvalue weighted by molar-refractivity contribution is 8.18. The summed E-state index contributed by atoms with van der Waals surface area (Å²) in [4.78, 5) is 49.9. The zero-order valence-electron chi connectivity index (χ0n) is 17.6. The second-order valence-electron chi connectivity index (χ2n) is 7.19. The van der Waals surface area contributed by atoms with Gasteiger partial charge in [-0.15, -0.1) is 0 Å². The van der Waals surface area contributed by atoms with E-state index in [9.17, 15) is 23.6 Å². The lowest BCUT2D eigenvalue weighted by Crippen LogP contribution is -2.41. The second kappa shape index (κ2) is 10.2. The lowest BCUT2D eigenvalue weighted by molar-refractivity contribution is -0.124. The van der Waals surface area contributed by atoms with E-state index in [1.165, 1.54) is 24.3 Å². The van der Waals surface area contributed by atoms with Crippen molar-refractivity contribution in [3.05, 3.63) is 75.4 Å². The van der Waals surface area contributed by atoms with Gasteiger partial charge in [-0.3, -0.25) is 24.1 Å². The minimum absolute atomic E-state index is 0.0311. The highest BCUT2D eigenvalue weighted by atomic mass is 32.2. The van der Waals surface area contributed by atoms with Crippen LogP contribution in [0.15, 0.2) is 47.4 Å². The van der Waals surface area contributed by atoms with Gasteiger partial charge in [0.25, 0.3) is 17.1 Å². The molecule has 0 aliphatic carbocycles. The molecule has 7 nitrogen and oxygen atoms in total. The minimum Gasteiger partial charge on any atom is -0.353 e. The van der Waals surface area contributed by atoms with Crippen LogP contribution in [0.5, 0.6) is 0 Å². The Morgan fingerprint density at radius 2 is 1.81 bits per heavy atom. The number of nitrogens with zero attached hydrogens (tertiary/aromatic N) is 1. The van der Waals surface area contributed by atoms with Gasteiger partial charge in [0.05, 0.1) is 11.4 Å². The molecule has 2 aromatic rings. The Morgan fingerprint density at radius 3 is 2.53 bits per heavy atom. The van der Waals surface area contributed by atoms with E-state index in [4.69, 9.17) is 0 Å². The third kappa shape index (κ3) is 5.61.